The van der Waals surface area contributed by atoms with Gasteiger partial charge in [-0.2, -0.15) is 0 Å². The number of benzene rings is 3. The van der Waals surface area contributed by atoms with E-state index < -0.39 is 0 Å². The predicted molar refractivity (Wildman–Crippen MR) is 106 cm³/mol. The highest BCUT2D eigenvalue weighted by Gasteiger charge is 2.11. The Kier molecular flexibility index (Phi) is 5.84. The van der Waals surface area contributed by atoms with Crippen molar-refractivity contribution in [2.45, 2.75) is 0 Å². The number of ether oxygens (including phenoxy) is 2. The molecule has 27 heavy (non-hydrogen) atoms. The predicted octanol–water partition coefficient (Wildman–Crippen LogP) is 4.21. The number of carbonyl (C=O) groups is 1. The molecule has 0 radical (unpaired) electrons. The zero-order valence-corrected chi connectivity index (χ0v) is 15.2. The van der Waals surface area contributed by atoms with E-state index in [1.54, 1.807) is 38.5 Å². The summed E-state index contributed by atoms with van der Waals surface area (Å²) in [6, 6.07) is 23.8. The van der Waals surface area contributed by atoms with Gasteiger partial charge >= 0.3 is 0 Å². The number of rotatable bonds is 5. The van der Waals surface area contributed by atoms with Crippen molar-refractivity contribution in [2.75, 3.05) is 14.2 Å². The van der Waals surface area contributed by atoms with Crippen LogP contribution in [0, 0.1) is 0 Å². The summed E-state index contributed by atoms with van der Waals surface area (Å²) >= 11 is 0. The second kappa shape index (κ2) is 8.67. The van der Waals surface area contributed by atoms with E-state index in [2.05, 4.69) is 10.3 Å². The van der Waals surface area contributed by atoms with Gasteiger partial charge in [0.25, 0.3) is 5.91 Å². The van der Waals surface area contributed by atoms with E-state index in [9.17, 15) is 4.79 Å². The summed E-state index contributed by atoms with van der Waals surface area (Å²) in [4.78, 5) is 17.3. The maximum absolute atomic E-state index is 12.7. The van der Waals surface area contributed by atoms with E-state index in [1.807, 2.05) is 54.6 Å². The third kappa shape index (κ3) is 4.73. The van der Waals surface area contributed by atoms with Crippen molar-refractivity contribution in [3.8, 4) is 11.5 Å². The fourth-order valence-electron chi connectivity index (χ4n) is 2.47. The van der Waals surface area contributed by atoms with Crippen molar-refractivity contribution in [2.24, 2.45) is 4.99 Å². The molecule has 1 N–H and O–H groups in total. The Morgan fingerprint density at radius 1 is 0.741 bits per heavy atom. The molecular formula is C22H20N2O3. The molecule has 0 bridgehead atoms. The minimum absolute atomic E-state index is 0.242. The lowest BCUT2D eigenvalue weighted by atomic mass is 10.1. The van der Waals surface area contributed by atoms with Gasteiger partial charge in [0.2, 0.25) is 0 Å². The van der Waals surface area contributed by atoms with Crippen molar-refractivity contribution in [1.29, 1.82) is 0 Å². The Hall–Kier alpha value is -3.60. The van der Waals surface area contributed by atoms with Crippen LogP contribution in [0.2, 0.25) is 0 Å². The minimum atomic E-state index is -0.242. The number of carbonyl (C=O) groups excluding carboxylic acids is 1. The first-order chi connectivity index (χ1) is 13.2. The average molecular weight is 360 g/mol. The number of nitrogens with zero attached hydrogens (tertiary/aromatic N) is 1. The first-order valence-corrected chi connectivity index (χ1v) is 8.43. The highest BCUT2D eigenvalue weighted by atomic mass is 16.5. The van der Waals surface area contributed by atoms with Crippen molar-refractivity contribution >= 4 is 17.4 Å². The number of aliphatic imine (C=N–C) groups is 1. The lowest BCUT2D eigenvalue weighted by Gasteiger charge is -2.10. The molecule has 0 atom stereocenters. The molecule has 0 heterocycles. The highest BCUT2D eigenvalue weighted by Crippen LogP contribution is 2.19. The van der Waals surface area contributed by atoms with Crippen LogP contribution >= 0.6 is 0 Å². The van der Waals surface area contributed by atoms with Gasteiger partial charge < -0.3 is 14.8 Å². The molecule has 5 nitrogen and oxygen atoms in total. The first-order valence-electron chi connectivity index (χ1n) is 8.43. The van der Waals surface area contributed by atoms with Gasteiger partial charge in [0.05, 0.1) is 19.9 Å². The number of methoxy groups -OCH3 is 2. The minimum Gasteiger partial charge on any atom is -0.497 e. The van der Waals surface area contributed by atoms with Crippen LogP contribution in [0.1, 0.15) is 15.9 Å². The highest BCUT2D eigenvalue weighted by molar-refractivity contribution is 6.13. The molecule has 3 rings (SSSR count). The number of hydrogen-bond donors (Lipinski definition) is 1. The molecule has 0 aliphatic heterocycles. The van der Waals surface area contributed by atoms with Crippen LogP contribution < -0.4 is 14.8 Å². The molecule has 0 aromatic heterocycles. The number of amides is 1. The Balaban J connectivity index is 1.89. The van der Waals surface area contributed by atoms with Crippen molar-refractivity contribution in [3.05, 3.63) is 90.0 Å². The van der Waals surface area contributed by atoms with Gasteiger partial charge in [-0.1, -0.05) is 30.3 Å². The molecule has 0 aliphatic carbocycles. The Bertz CT molecular complexity index is 918. The van der Waals surface area contributed by atoms with Gasteiger partial charge in [-0.3, -0.25) is 4.79 Å². The van der Waals surface area contributed by atoms with E-state index in [4.69, 9.17) is 9.47 Å². The smallest absolute Gasteiger partial charge is 0.256 e. The van der Waals surface area contributed by atoms with Crippen LogP contribution in [0.25, 0.3) is 0 Å². The van der Waals surface area contributed by atoms with Crippen LogP contribution in [0.3, 0.4) is 0 Å². The Morgan fingerprint density at radius 3 is 1.85 bits per heavy atom. The summed E-state index contributed by atoms with van der Waals surface area (Å²) < 4.78 is 10.3. The van der Waals surface area contributed by atoms with Crippen LogP contribution in [0.4, 0.5) is 5.69 Å². The van der Waals surface area contributed by atoms with E-state index in [-0.39, 0.29) is 5.91 Å². The fraction of sp³-hybridized carbons (Fsp3) is 0.0909. The summed E-state index contributed by atoms with van der Waals surface area (Å²) in [5, 5.41) is 2.90. The van der Waals surface area contributed by atoms with Crippen LogP contribution in [0.5, 0.6) is 11.5 Å². The van der Waals surface area contributed by atoms with E-state index in [0.29, 0.717) is 22.8 Å². The van der Waals surface area contributed by atoms with Gasteiger partial charge in [0, 0.05) is 11.1 Å². The van der Waals surface area contributed by atoms with Crippen LogP contribution in [-0.2, 0) is 0 Å². The number of amidine groups is 1. The Morgan fingerprint density at radius 2 is 1.30 bits per heavy atom. The second-order valence-corrected chi connectivity index (χ2v) is 5.71. The largest absolute Gasteiger partial charge is 0.497 e. The second-order valence-electron chi connectivity index (χ2n) is 5.71. The Labute approximate surface area is 158 Å². The lowest BCUT2D eigenvalue weighted by Crippen LogP contribution is -2.31. The number of hydrogen-bond acceptors (Lipinski definition) is 4. The molecule has 0 spiro atoms. The molecule has 0 aliphatic rings. The topological polar surface area (TPSA) is 59.9 Å². The lowest BCUT2D eigenvalue weighted by molar-refractivity contribution is 0.0977. The first kappa shape index (κ1) is 18.2. The van der Waals surface area contributed by atoms with E-state index >= 15 is 0 Å². The molecule has 0 saturated carbocycles. The van der Waals surface area contributed by atoms with E-state index in [0.717, 1.165) is 11.3 Å². The summed E-state index contributed by atoms with van der Waals surface area (Å²) in [5.74, 6) is 1.68. The van der Waals surface area contributed by atoms with Gasteiger partial charge in [-0.05, 0) is 48.5 Å². The maximum Gasteiger partial charge on any atom is 0.256 e. The normalized spacial score (nSPS) is 11.0. The van der Waals surface area contributed by atoms with Crippen molar-refractivity contribution < 1.29 is 14.3 Å². The third-order valence-electron chi connectivity index (χ3n) is 3.94. The molecule has 3 aromatic rings. The summed E-state index contributed by atoms with van der Waals surface area (Å²) in [6.45, 7) is 0. The van der Waals surface area contributed by atoms with Gasteiger partial charge in [0.15, 0.2) is 0 Å². The molecule has 0 fully saturated rings. The maximum atomic E-state index is 12.7. The molecule has 1 amide bonds. The fourth-order valence-corrected chi connectivity index (χ4v) is 2.47. The van der Waals surface area contributed by atoms with Gasteiger partial charge in [-0.15, -0.1) is 0 Å². The molecule has 5 heteroatoms. The van der Waals surface area contributed by atoms with Crippen molar-refractivity contribution in [3.63, 3.8) is 0 Å². The quantitative estimate of drug-likeness (QED) is 0.548. The summed E-state index contributed by atoms with van der Waals surface area (Å²) in [5.41, 5.74) is 2.05. The van der Waals surface area contributed by atoms with Crippen LogP contribution in [0.15, 0.2) is 83.9 Å². The molecule has 3 aromatic carbocycles. The van der Waals surface area contributed by atoms with Crippen molar-refractivity contribution in [1.82, 2.24) is 5.32 Å². The van der Waals surface area contributed by atoms with Gasteiger partial charge in [0.1, 0.15) is 17.3 Å². The molecular weight excluding hydrogens is 340 g/mol. The molecule has 0 unspecified atom stereocenters. The summed E-state index contributed by atoms with van der Waals surface area (Å²) in [7, 11) is 3.20. The summed E-state index contributed by atoms with van der Waals surface area (Å²) in [6.07, 6.45) is 0. The zero-order chi connectivity index (χ0) is 19.1. The van der Waals surface area contributed by atoms with Gasteiger partial charge in [-0.25, -0.2) is 4.99 Å². The number of nitrogens with one attached hydrogen (secondary N) is 1. The van der Waals surface area contributed by atoms with E-state index in [1.165, 1.54) is 0 Å². The monoisotopic (exact) mass is 360 g/mol. The zero-order valence-electron chi connectivity index (χ0n) is 15.2. The molecule has 136 valence electrons. The third-order valence-corrected chi connectivity index (χ3v) is 3.94. The standard InChI is InChI=1S/C22H20N2O3/c1-26-19-12-8-17(9-13-19)22(25)24-21(16-6-4-3-5-7-16)23-18-10-14-20(27-2)15-11-18/h3-15H,1-2H3,(H,23,24,25). The van der Waals surface area contributed by atoms with Crippen LogP contribution in [-0.4, -0.2) is 26.0 Å². The average Bonchev–Trinajstić information content (AvgIpc) is 2.74. The molecule has 0 saturated heterocycles. The SMILES string of the molecule is COc1ccc(N=C(NC(=O)c2ccc(OC)cc2)c2ccccc2)cc1.